The molecule has 1 aliphatic heterocycles. The highest BCUT2D eigenvalue weighted by atomic mass is 32.1. The molecule has 0 aromatic carbocycles. The van der Waals surface area contributed by atoms with E-state index in [1.165, 1.54) is 29.6 Å². The van der Waals surface area contributed by atoms with E-state index < -0.39 is 0 Å². The fourth-order valence-electron chi connectivity index (χ4n) is 4.23. The largest absolute Gasteiger partial charge is 0.351 e. The maximum Gasteiger partial charge on any atom is 0.227 e. The van der Waals surface area contributed by atoms with Crippen LogP contribution in [0.3, 0.4) is 0 Å². The highest BCUT2D eigenvalue weighted by Gasteiger charge is 2.26. The number of rotatable bonds is 3. The van der Waals surface area contributed by atoms with E-state index in [-0.39, 0.29) is 5.91 Å². The first-order valence-corrected chi connectivity index (χ1v) is 10.6. The molecule has 0 saturated carbocycles. The second-order valence-electron chi connectivity index (χ2n) is 7.35. The number of amides is 1. The molecule has 1 amide bonds. The molecule has 1 aliphatic carbocycles. The van der Waals surface area contributed by atoms with Crippen molar-refractivity contribution in [2.24, 2.45) is 0 Å². The summed E-state index contributed by atoms with van der Waals surface area (Å²) in [7, 11) is 0. The number of thiophene rings is 1. The fourth-order valence-corrected chi connectivity index (χ4v) is 4.89. The van der Waals surface area contributed by atoms with Crippen LogP contribution in [0.5, 0.6) is 0 Å². The quantitative estimate of drug-likeness (QED) is 0.700. The van der Waals surface area contributed by atoms with Gasteiger partial charge < -0.3 is 9.80 Å². The Kier molecular flexibility index (Phi) is 4.32. The molecule has 0 bridgehead atoms. The van der Waals surface area contributed by atoms with Crippen molar-refractivity contribution in [2.45, 2.75) is 32.1 Å². The van der Waals surface area contributed by atoms with Crippen LogP contribution >= 0.6 is 11.3 Å². The number of anilines is 1. The number of piperazine rings is 1. The summed E-state index contributed by atoms with van der Waals surface area (Å²) in [5.41, 5.74) is 4.90. The number of aryl methyl sites for hydroxylation is 2. The topological polar surface area (TPSA) is 53.7 Å². The van der Waals surface area contributed by atoms with Crippen molar-refractivity contribution in [3.63, 3.8) is 0 Å². The Morgan fingerprint density at radius 3 is 2.81 bits per heavy atom. The molecule has 0 N–H and O–H groups in total. The van der Waals surface area contributed by atoms with Gasteiger partial charge in [-0.1, -0.05) is 0 Å². The molecule has 2 aliphatic rings. The van der Waals surface area contributed by atoms with Gasteiger partial charge in [-0.15, -0.1) is 0 Å². The maximum atomic E-state index is 12.6. The van der Waals surface area contributed by atoms with Crippen LogP contribution in [0.1, 0.15) is 29.7 Å². The Bertz CT molecular complexity index is 956. The van der Waals surface area contributed by atoms with Crippen molar-refractivity contribution in [1.82, 2.24) is 19.5 Å². The minimum atomic E-state index is 0.223. The number of hydrogen-bond acceptors (Lipinski definition) is 5. The van der Waals surface area contributed by atoms with Gasteiger partial charge in [-0.3, -0.25) is 4.79 Å². The molecule has 0 spiro atoms. The molecule has 4 heterocycles. The predicted molar refractivity (Wildman–Crippen MR) is 106 cm³/mol. The lowest BCUT2D eigenvalue weighted by molar-refractivity contribution is -0.130. The molecule has 3 aromatic heterocycles. The molecule has 0 unspecified atom stereocenters. The van der Waals surface area contributed by atoms with E-state index in [0.717, 1.165) is 50.4 Å². The first-order chi connectivity index (χ1) is 13.3. The van der Waals surface area contributed by atoms with Crippen molar-refractivity contribution in [3.05, 3.63) is 46.0 Å². The van der Waals surface area contributed by atoms with E-state index in [2.05, 4.69) is 10.3 Å². The third-order valence-corrected chi connectivity index (χ3v) is 6.40. The van der Waals surface area contributed by atoms with Crippen LogP contribution in [0, 0.1) is 0 Å². The van der Waals surface area contributed by atoms with Crippen molar-refractivity contribution in [1.29, 1.82) is 0 Å². The van der Waals surface area contributed by atoms with Crippen molar-refractivity contribution >= 4 is 28.6 Å². The summed E-state index contributed by atoms with van der Waals surface area (Å²) in [5.74, 6) is 1.25. The third-order valence-electron chi connectivity index (χ3n) is 5.67. The SMILES string of the molecule is O=C(Cc1ccsc1)N1CCN(c2nccn3nc4c(c23)CCCC4)CC1. The summed E-state index contributed by atoms with van der Waals surface area (Å²) in [6, 6.07) is 2.03. The molecule has 5 rings (SSSR count). The summed E-state index contributed by atoms with van der Waals surface area (Å²) in [4.78, 5) is 21.6. The molecule has 6 nitrogen and oxygen atoms in total. The average Bonchev–Trinajstić information content (AvgIpc) is 3.35. The van der Waals surface area contributed by atoms with Gasteiger partial charge in [-0.2, -0.15) is 16.4 Å². The van der Waals surface area contributed by atoms with Crippen LogP contribution < -0.4 is 4.90 Å². The lowest BCUT2D eigenvalue weighted by Crippen LogP contribution is -2.49. The van der Waals surface area contributed by atoms with Gasteiger partial charge in [0.1, 0.15) is 5.52 Å². The van der Waals surface area contributed by atoms with Gasteiger partial charge in [-0.05, 0) is 48.1 Å². The Morgan fingerprint density at radius 1 is 1.15 bits per heavy atom. The molecule has 1 fully saturated rings. The van der Waals surface area contributed by atoms with Gasteiger partial charge in [0.2, 0.25) is 5.91 Å². The number of aromatic nitrogens is 3. The first-order valence-electron chi connectivity index (χ1n) is 9.68. The lowest BCUT2D eigenvalue weighted by atomic mass is 9.97. The summed E-state index contributed by atoms with van der Waals surface area (Å²) in [6.07, 6.45) is 8.93. The van der Waals surface area contributed by atoms with E-state index in [1.807, 2.05) is 33.3 Å². The zero-order valence-electron chi connectivity index (χ0n) is 15.3. The molecular formula is C20H23N5OS. The standard InChI is InChI=1S/C20H23N5OS/c26-18(13-15-5-12-27-14-15)23-8-10-24(11-9-23)20-19-16-3-1-2-4-17(16)22-25(19)7-6-21-20/h5-7,12,14H,1-4,8-11,13H2. The molecule has 27 heavy (non-hydrogen) atoms. The molecule has 140 valence electrons. The second kappa shape index (κ2) is 6.96. The number of nitrogens with zero attached hydrogens (tertiary/aromatic N) is 5. The Morgan fingerprint density at radius 2 is 2.00 bits per heavy atom. The van der Waals surface area contributed by atoms with Gasteiger partial charge in [-0.25, -0.2) is 9.50 Å². The molecular weight excluding hydrogens is 358 g/mol. The highest BCUT2D eigenvalue weighted by Crippen LogP contribution is 2.30. The van der Waals surface area contributed by atoms with Gasteiger partial charge in [0.15, 0.2) is 5.82 Å². The summed E-state index contributed by atoms with van der Waals surface area (Å²) in [5, 5.41) is 8.86. The van der Waals surface area contributed by atoms with E-state index in [1.54, 1.807) is 11.3 Å². The van der Waals surface area contributed by atoms with Crippen LogP contribution in [0.4, 0.5) is 5.82 Å². The minimum absolute atomic E-state index is 0.223. The van der Waals surface area contributed by atoms with Gasteiger partial charge in [0.25, 0.3) is 0 Å². The number of fused-ring (bicyclic) bond motifs is 3. The van der Waals surface area contributed by atoms with Crippen molar-refractivity contribution in [2.75, 3.05) is 31.1 Å². The fraction of sp³-hybridized carbons (Fsp3) is 0.450. The molecule has 0 atom stereocenters. The van der Waals surface area contributed by atoms with Crippen LogP contribution in [-0.2, 0) is 24.1 Å². The average molecular weight is 382 g/mol. The zero-order chi connectivity index (χ0) is 18.2. The molecule has 3 aromatic rings. The van der Waals surface area contributed by atoms with E-state index in [9.17, 15) is 4.79 Å². The van der Waals surface area contributed by atoms with Crippen LogP contribution in [-0.4, -0.2) is 51.6 Å². The third kappa shape index (κ3) is 3.10. The van der Waals surface area contributed by atoms with Gasteiger partial charge in [0, 0.05) is 44.1 Å². The monoisotopic (exact) mass is 381 g/mol. The Hall–Kier alpha value is -2.41. The predicted octanol–water partition coefficient (Wildman–Crippen LogP) is 2.56. The number of carbonyl (C=O) groups excluding carboxylic acids is 1. The Labute approximate surface area is 162 Å². The maximum absolute atomic E-state index is 12.6. The first kappa shape index (κ1) is 16.7. The summed E-state index contributed by atoms with van der Waals surface area (Å²) < 4.78 is 2.01. The smallest absolute Gasteiger partial charge is 0.227 e. The summed E-state index contributed by atoms with van der Waals surface area (Å²) >= 11 is 1.64. The van der Waals surface area contributed by atoms with Gasteiger partial charge >= 0.3 is 0 Å². The Balaban J connectivity index is 1.34. The van der Waals surface area contributed by atoms with Crippen LogP contribution in [0.2, 0.25) is 0 Å². The highest BCUT2D eigenvalue weighted by molar-refractivity contribution is 7.08. The van der Waals surface area contributed by atoms with Crippen LogP contribution in [0.25, 0.3) is 5.52 Å². The number of carbonyl (C=O) groups is 1. The van der Waals surface area contributed by atoms with Gasteiger partial charge in [0.05, 0.1) is 12.1 Å². The van der Waals surface area contributed by atoms with E-state index >= 15 is 0 Å². The van der Waals surface area contributed by atoms with Crippen molar-refractivity contribution < 1.29 is 4.79 Å². The van der Waals surface area contributed by atoms with E-state index in [4.69, 9.17) is 10.1 Å². The normalized spacial score (nSPS) is 17.3. The molecule has 7 heteroatoms. The second-order valence-corrected chi connectivity index (χ2v) is 8.13. The number of hydrogen-bond donors (Lipinski definition) is 0. The van der Waals surface area contributed by atoms with E-state index in [0.29, 0.717) is 6.42 Å². The lowest BCUT2D eigenvalue weighted by Gasteiger charge is -2.35. The minimum Gasteiger partial charge on any atom is -0.351 e. The molecule has 1 saturated heterocycles. The van der Waals surface area contributed by atoms with Crippen LogP contribution in [0.15, 0.2) is 29.2 Å². The van der Waals surface area contributed by atoms with Crippen molar-refractivity contribution in [3.8, 4) is 0 Å². The zero-order valence-corrected chi connectivity index (χ0v) is 16.1. The molecule has 0 radical (unpaired) electrons. The summed E-state index contributed by atoms with van der Waals surface area (Å²) in [6.45, 7) is 3.15.